The maximum Gasteiger partial charge on any atom is 0.245 e. The number of carbonyl (C=O) groups excluding carboxylic acids is 1. The normalized spacial score (nSPS) is 13.5. The summed E-state index contributed by atoms with van der Waals surface area (Å²) in [6.45, 7) is 6.37. The zero-order valence-corrected chi connectivity index (χ0v) is 24.7. The number of rotatable bonds is 9. The van der Waals surface area contributed by atoms with E-state index in [2.05, 4.69) is 27.0 Å². The van der Waals surface area contributed by atoms with Crippen LogP contribution in [0.3, 0.4) is 0 Å². The Morgan fingerprint density at radius 2 is 1.84 bits per heavy atom. The molecule has 0 bridgehead atoms. The van der Waals surface area contributed by atoms with Crippen molar-refractivity contribution in [3.63, 3.8) is 0 Å². The molecule has 6 rings (SSSR count). The van der Waals surface area contributed by atoms with E-state index in [4.69, 9.17) is 14.2 Å². The quantitative estimate of drug-likeness (QED) is 0.188. The third-order valence-corrected chi connectivity index (χ3v) is 7.54. The first-order valence-corrected chi connectivity index (χ1v) is 14.3. The molecule has 1 fully saturated rings. The molecule has 0 aliphatic carbocycles. The Morgan fingerprint density at radius 3 is 2.58 bits per heavy atom. The number of methoxy groups -OCH3 is 1. The van der Waals surface area contributed by atoms with Gasteiger partial charge in [-0.25, -0.2) is 23.4 Å². The number of nitrogens with one attached hydrogen (secondary N) is 1. The van der Waals surface area contributed by atoms with Crippen LogP contribution in [0.5, 0.6) is 23.1 Å². The van der Waals surface area contributed by atoms with Gasteiger partial charge in [0.1, 0.15) is 35.6 Å². The second-order valence-electron chi connectivity index (χ2n) is 10.5. The maximum atomic E-state index is 15.3. The van der Waals surface area contributed by atoms with Gasteiger partial charge in [0.25, 0.3) is 0 Å². The summed E-state index contributed by atoms with van der Waals surface area (Å²) in [7, 11) is 1.55. The molecule has 0 saturated carbocycles. The molecule has 0 unspecified atom stereocenters. The van der Waals surface area contributed by atoms with E-state index in [9.17, 15) is 9.18 Å². The number of fused-ring (bicyclic) bond motifs is 1. The SMILES string of the molecule is C=CC(=O)N1CCC(Oc2cc3c(Nc4ccc(Oc5ccn(-c6ccc(C)c(F)c6)n5)cc4F)ncnc3cc2OC)CC1. The molecule has 0 radical (unpaired) electrons. The van der Waals surface area contributed by atoms with Crippen LogP contribution in [-0.2, 0) is 4.79 Å². The number of carbonyl (C=O) groups is 1. The van der Waals surface area contributed by atoms with Crippen LogP contribution >= 0.6 is 0 Å². The fourth-order valence-electron chi connectivity index (χ4n) is 5.06. The van der Waals surface area contributed by atoms with E-state index in [0.717, 1.165) is 0 Å². The molecule has 3 aromatic carbocycles. The maximum absolute atomic E-state index is 15.3. The standard InChI is InChI=1S/C33H30F2N6O4/c1-4-32(42)40-12-9-22(10-13-40)44-30-17-24-28(18-29(30)43-3)36-19-37-33(24)38-27-8-7-23(16-26(27)35)45-31-11-14-41(39-31)21-6-5-20(2)25(34)15-21/h4-8,11,14-19,22H,1,9-10,12-13H2,2-3H3,(H,36,37,38). The van der Waals surface area contributed by atoms with Crippen molar-refractivity contribution in [2.45, 2.75) is 25.9 Å². The van der Waals surface area contributed by atoms with Crippen molar-refractivity contribution >= 4 is 28.3 Å². The molecule has 1 saturated heterocycles. The minimum atomic E-state index is -0.579. The van der Waals surface area contributed by atoms with Gasteiger partial charge in [-0.15, -0.1) is 5.10 Å². The van der Waals surface area contributed by atoms with E-state index in [1.54, 1.807) is 61.5 Å². The van der Waals surface area contributed by atoms with Crippen LogP contribution in [0, 0.1) is 18.6 Å². The van der Waals surface area contributed by atoms with Crippen molar-refractivity contribution in [3.8, 4) is 28.8 Å². The largest absolute Gasteiger partial charge is 0.493 e. The predicted octanol–water partition coefficient (Wildman–Crippen LogP) is 6.50. The second kappa shape index (κ2) is 12.6. The zero-order valence-electron chi connectivity index (χ0n) is 24.7. The molecular formula is C33H30F2N6O4. The van der Waals surface area contributed by atoms with Crippen LogP contribution in [0.2, 0.25) is 0 Å². The van der Waals surface area contributed by atoms with Crippen molar-refractivity contribution in [1.82, 2.24) is 24.6 Å². The summed E-state index contributed by atoms with van der Waals surface area (Å²) >= 11 is 0. The molecule has 1 N–H and O–H groups in total. The number of anilines is 2. The number of hydrogen-bond donors (Lipinski definition) is 1. The van der Waals surface area contributed by atoms with Gasteiger partial charge in [0.05, 0.1) is 24.0 Å². The molecule has 12 heteroatoms. The van der Waals surface area contributed by atoms with E-state index >= 15 is 4.39 Å². The molecule has 230 valence electrons. The second-order valence-corrected chi connectivity index (χ2v) is 10.5. The number of piperidine rings is 1. The van der Waals surface area contributed by atoms with Gasteiger partial charge in [0.15, 0.2) is 11.5 Å². The van der Waals surface area contributed by atoms with Gasteiger partial charge in [0.2, 0.25) is 11.8 Å². The Balaban J connectivity index is 1.18. The number of aryl methyl sites for hydroxylation is 1. The number of amides is 1. The van der Waals surface area contributed by atoms with Crippen LogP contribution in [0.15, 0.2) is 79.8 Å². The zero-order chi connectivity index (χ0) is 31.5. The summed E-state index contributed by atoms with van der Waals surface area (Å²) in [5.74, 6) is 0.801. The smallest absolute Gasteiger partial charge is 0.245 e. The van der Waals surface area contributed by atoms with Crippen LogP contribution in [-0.4, -0.2) is 56.9 Å². The number of halogens is 2. The fourth-order valence-corrected chi connectivity index (χ4v) is 5.06. The average molecular weight is 613 g/mol. The molecule has 3 heterocycles. The van der Waals surface area contributed by atoms with Crippen molar-refractivity contribution in [3.05, 3.63) is 97.0 Å². The van der Waals surface area contributed by atoms with Gasteiger partial charge < -0.3 is 24.4 Å². The first kappa shape index (κ1) is 29.5. The molecular weight excluding hydrogens is 582 g/mol. The van der Waals surface area contributed by atoms with Gasteiger partial charge in [0, 0.05) is 55.7 Å². The van der Waals surface area contributed by atoms with Crippen molar-refractivity contribution < 1.29 is 27.8 Å². The fraction of sp³-hybridized carbons (Fsp3) is 0.212. The highest BCUT2D eigenvalue weighted by Gasteiger charge is 2.24. The molecule has 0 atom stereocenters. The highest BCUT2D eigenvalue weighted by atomic mass is 19.1. The predicted molar refractivity (Wildman–Crippen MR) is 165 cm³/mol. The summed E-state index contributed by atoms with van der Waals surface area (Å²) in [5, 5.41) is 7.96. The molecule has 0 spiro atoms. The number of likely N-dealkylation sites (tertiary alicyclic amines) is 1. The number of nitrogens with zero attached hydrogens (tertiary/aromatic N) is 5. The minimum Gasteiger partial charge on any atom is -0.493 e. The Bertz CT molecular complexity index is 1890. The number of hydrogen-bond acceptors (Lipinski definition) is 8. The molecule has 5 aromatic rings. The Labute approximate surface area is 257 Å². The van der Waals surface area contributed by atoms with Crippen LogP contribution in [0.25, 0.3) is 16.6 Å². The van der Waals surface area contributed by atoms with Gasteiger partial charge in [-0.2, -0.15) is 0 Å². The first-order valence-electron chi connectivity index (χ1n) is 14.3. The number of benzene rings is 3. The minimum absolute atomic E-state index is 0.0943. The van der Waals surface area contributed by atoms with E-state index in [1.165, 1.54) is 35.3 Å². The third kappa shape index (κ3) is 6.40. The highest BCUT2D eigenvalue weighted by Crippen LogP contribution is 2.37. The molecule has 1 amide bonds. The van der Waals surface area contributed by atoms with Gasteiger partial charge in [-0.05, 0) is 48.9 Å². The Hall–Kier alpha value is -5.52. The lowest BCUT2D eigenvalue weighted by atomic mass is 10.1. The van der Waals surface area contributed by atoms with E-state index < -0.39 is 5.82 Å². The Morgan fingerprint density at radius 1 is 1.02 bits per heavy atom. The lowest BCUT2D eigenvalue weighted by molar-refractivity contribution is -0.127. The summed E-state index contributed by atoms with van der Waals surface area (Å²) in [6.07, 6.45) is 5.51. The van der Waals surface area contributed by atoms with E-state index in [0.29, 0.717) is 65.4 Å². The van der Waals surface area contributed by atoms with Crippen molar-refractivity contribution in [2.75, 3.05) is 25.5 Å². The summed E-state index contributed by atoms with van der Waals surface area (Å²) in [6, 6.07) is 14.3. The van der Waals surface area contributed by atoms with Gasteiger partial charge >= 0.3 is 0 Å². The lowest BCUT2D eigenvalue weighted by Gasteiger charge is -2.31. The molecule has 2 aromatic heterocycles. The monoisotopic (exact) mass is 612 g/mol. The van der Waals surface area contributed by atoms with Crippen molar-refractivity contribution in [2.24, 2.45) is 0 Å². The molecule has 45 heavy (non-hydrogen) atoms. The van der Waals surface area contributed by atoms with Crippen LogP contribution in [0.4, 0.5) is 20.3 Å². The lowest BCUT2D eigenvalue weighted by Crippen LogP contribution is -2.41. The van der Waals surface area contributed by atoms with E-state index in [-0.39, 0.29) is 35.1 Å². The van der Waals surface area contributed by atoms with Crippen molar-refractivity contribution in [1.29, 1.82) is 0 Å². The number of aromatic nitrogens is 4. The van der Waals surface area contributed by atoms with Crippen LogP contribution in [0.1, 0.15) is 18.4 Å². The summed E-state index contributed by atoms with van der Waals surface area (Å²) in [5.41, 5.74) is 1.81. The topological polar surface area (TPSA) is 104 Å². The number of ether oxygens (including phenoxy) is 3. The molecule has 1 aliphatic rings. The third-order valence-electron chi connectivity index (χ3n) is 7.54. The Kier molecular flexibility index (Phi) is 8.28. The van der Waals surface area contributed by atoms with Crippen LogP contribution < -0.4 is 19.5 Å². The first-order chi connectivity index (χ1) is 21.8. The summed E-state index contributed by atoms with van der Waals surface area (Å²) < 4.78 is 48.4. The summed E-state index contributed by atoms with van der Waals surface area (Å²) in [4.78, 5) is 22.4. The average Bonchev–Trinajstić information content (AvgIpc) is 3.52. The van der Waals surface area contributed by atoms with Gasteiger partial charge in [-0.1, -0.05) is 12.6 Å². The molecule has 10 nitrogen and oxygen atoms in total. The van der Waals surface area contributed by atoms with E-state index in [1.807, 2.05) is 0 Å². The van der Waals surface area contributed by atoms with Gasteiger partial charge in [-0.3, -0.25) is 4.79 Å². The molecule has 1 aliphatic heterocycles. The highest BCUT2D eigenvalue weighted by molar-refractivity contribution is 5.93.